The minimum atomic E-state index is -1.41. The Morgan fingerprint density at radius 2 is 1.43 bits per heavy atom. The number of aliphatic hydroxyl groups is 1. The van der Waals surface area contributed by atoms with Crippen molar-refractivity contribution >= 4 is 11.9 Å². The molecule has 2 saturated heterocycles. The maximum absolute atomic E-state index is 12.4. The first-order valence-corrected chi connectivity index (χ1v) is 14.7. The standard InChI is InChI=1S/C33H42O11/c1-6-17-37-28-26(38-18-24-13-9-7-10-14-24)20(2)41-33(31(28)42-23(5)35)44-29-27(21(3)40-22(4)34)43-32(36)30(29)39-19-25-15-11-8-12-16-25/h6-16,20-21,26-33,36H,1,17-19H2,2-5H3/t20-,21+,26+,27+,28+,29-,30-,31-,32-,33+/m0/s1. The Morgan fingerprint density at radius 3 is 1.98 bits per heavy atom. The minimum absolute atomic E-state index is 0.146. The monoisotopic (exact) mass is 614 g/mol. The normalized spacial score (nSPS) is 30.8. The summed E-state index contributed by atoms with van der Waals surface area (Å²) in [6.07, 6.45) is -7.89. The van der Waals surface area contributed by atoms with Crippen molar-refractivity contribution in [3.63, 3.8) is 0 Å². The topological polar surface area (TPSA) is 128 Å². The number of esters is 2. The van der Waals surface area contributed by atoms with Crippen molar-refractivity contribution in [1.29, 1.82) is 0 Å². The number of carbonyl (C=O) groups is 2. The average Bonchev–Trinajstić information content (AvgIpc) is 3.31. The summed E-state index contributed by atoms with van der Waals surface area (Å²) in [5.74, 6) is -1.11. The first kappa shape index (κ1) is 33.7. The first-order chi connectivity index (χ1) is 21.2. The largest absolute Gasteiger partial charge is 0.460 e. The van der Waals surface area contributed by atoms with E-state index in [1.54, 1.807) is 13.0 Å². The second kappa shape index (κ2) is 16.2. The molecule has 1 N–H and O–H groups in total. The van der Waals surface area contributed by atoms with E-state index in [1.807, 2.05) is 67.6 Å². The SMILES string of the molecule is C=CCO[C@H]1[C@H](OC(C)=O)[C@@H](O[C@H]2[C@@H]([C@@H](C)OC(C)=O)O[C@H](O)[C@H]2OCc2ccccc2)O[C@@H](C)[C@H]1OCc1ccccc1. The lowest BCUT2D eigenvalue weighted by Gasteiger charge is -2.45. The molecule has 4 rings (SSSR count). The van der Waals surface area contributed by atoms with Crippen molar-refractivity contribution in [3.8, 4) is 0 Å². The van der Waals surface area contributed by atoms with Crippen molar-refractivity contribution < 1.29 is 52.6 Å². The molecule has 0 aromatic heterocycles. The molecule has 2 aromatic rings. The van der Waals surface area contributed by atoms with E-state index in [-0.39, 0.29) is 19.8 Å². The van der Waals surface area contributed by atoms with Gasteiger partial charge in [-0.2, -0.15) is 0 Å². The van der Waals surface area contributed by atoms with E-state index in [4.69, 9.17) is 37.9 Å². The van der Waals surface area contributed by atoms with Gasteiger partial charge in [0.25, 0.3) is 0 Å². The van der Waals surface area contributed by atoms with Crippen LogP contribution in [0, 0.1) is 0 Å². The van der Waals surface area contributed by atoms with E-state index in [2.05, 4.69) is 6.58 Å². The van der Waals surface area contributed by atoms with Gasteiger partial charge in [-0.1, -0.05) is 66.7 Å². The maximum atomic E-state index is 12.4. The van der Waals surface area contributed by atoms with Gasteiger partial charge in [0, 0.05) is 13.8 Å². The quantitative estimate of drug-likeness (QED) is 0.248. The van der Waals surface area contributed by atoms with Gasteiger partial charge in [0.1, 0.15) is 36.6 Å². The van der Waals surface area contributed by atoms with Crippen molar-refractivity contribution in [2.45, 2.75) is 102 Å². The summed E-state index contributed by atoms with van der Waals surface area (Å²) in [4.78, 5) is 24.2. The molecule has 2 heterocycles. The molecule has 2 aliphatic rings. The highest BCUT2D eigenvalue weighted by Crippen LogP contribution is 2.35. The van der Waals surface area contributed by atoms with Crippen LogP contribution in [-0.4, -0.2) is 85.1 Å². The number of hydrogen-bond acceptors (Lipinski definition) is 11. The Kier molecular flexibility index (Phi) is 12.4. The molecular weight excluding hydrogens is 572 g/mol. The van der Waals surface area contributed by atoms with E-state index in [9.17, 15) is 14.7 Å². The van der Waals surface area contributed by atoms with E-state index < -0.39 is 73.4 Å². The summed E-state index contributed by atoms with van der Waals surface area (Å²) in [5.41, 5.74) is 1.81. The minimum Gasteiger partial charge on any atom is -0.460 e. The third kappa shape index (κ3) is 8.95. The van der Waals surface area contributed by atoms with E-state index in [0.717, 1.165) is 11.1 Å². The van der Waals surface area contributed by atoms with Gasteiger partial charge in [0.05, 0.1) is 25.9 Å². The van der Waals surface area contributed by atoms with Crippen molar-refractivity contribution in [2.24, 2.45) is 0 Å². The van der Waals surface area contributed by atoms with Gasteiger partial charge in [-0.15, -0.1) is 6.58 Å². The summed E-state index contributed by atoms with van der Waals surface area (Å²) < 4.78 is 48.3. The molecule has 10 atom stereocenters. The number of rotatable bonds is 14. The first-order valence-electron chi connectivity index (χ1n) is 14.7. The lowest BCUT2D eigenvalue weighted by atomic mass is 9.98. The lowest BCUT2D eigenvalue weighted by molar-refractivity contribution is -0.326. The predicted octanol–water partition coefficient (Wildman–Crippen LogP) is 3.46. The number of benzene rings is 2. The molecule has 2 fully saturated rings. The van der Waals surface area contributed by atoms with E-state index >= 15 is 0 Å². The van der Waals surface area contributed by atoms with Crippen molar-refractivity contribution in [3.05, 3.63) is 84.4 Å². The smallest absolute Gasteiger partial charge is 0.303 e. The molecule has 11 heteroatoms. The van der Waals surface area contributed by atoms with Crippen molar-refractivity contribution in [2.75, 3.05) is 6.61 Å². The molecule has 0 spiro atoms. The molecule has 0 radical (unpaired) electrons. The van der Waals surface area contributed by atoms with Gasteiger partial charge in [-0.05, 0) is 25.0 Å². The van der Waals surface area contributed by atoms with Gasteiger partial charge < -0.3 is 43.0 Å². The van der Waals surface area contributed by atoms with Crippen LogP contribution >= 0.6 is 0 Å². The van der Waals surface area contributed by atoms with E-state index in [0.29, 0.717) is 0 Å². The van der Waals surface area contributed by atoms with Crippen molar-refractivity contribution in [1.82, 2.24) is 0 Å². The zero-order valence-corrected chi connectivity index (χ0v) is 25.5. The van der Waals surface area contributed by atoms with Gasteiger partial charge in [0.2, 0.25) is 0 Å². The molecular formula is C33H42O11. The zero-order valence-electron chi connectivity index (χ0n) is 25.5. The Morgan fingerprint density at radius 1 is 0.841 bits per heavy atom. The van der Waals surface area contributed by atoms with Crippen LogP contribution in [0.2, 0.25) is 0 Å². The lowest BCUT2D eigenvalue weighted by Crippen LogP contribution is -2.62. The van der Waals surface area contributed by atoms with Gasteiger partial charge in [0.15, 0.2) is 18.7 Å². The van der Waals surface area contributed by atoms with Crippen LogP contribution in [0.3, 0.4) is 0 Å². The van der Waals surface area contributed by atoms with Crippen LogP contribution in [0.15, 0.2) is 73.3 Å². The van der Waals surface area contributed by atoms with E-state index in [1.165, 1.54) is 13.8 Å². The number of aliphatic hydroxyl groups excluding tert-OH is 1. The molecule has 2 aromatic carbocycles. The second-order valence-corrected chi connectivity index (χ2v) is 10.8. The Labute approximate surface area is 257 Å². The van der Waals surface area contributed by atoms with Crippen LogP contribution in [0.4, 0.5) is 0 Å². The average molecular weight is 615 g/mol. The van der Waals surface area contributed by atoms with Crippen LogP contribution in [-0.2, 0) is 60.7 Å². The van der Waals surface area contributed by atoms with Crippen LogP contribution in [0.1, 0.15) is 38.8 Å². The molecule has 0 bridgehead atoms. The predicted molar refractivity (Wildman–Crippen MR) is 157 cm³/mol. The Bertz CT molecular complexity index is 1190. The number of hydrogen-bond donors (Lipinski definition) is 1. The molecule has 240 valence electrons. The van der Waals surface area contributed by atoms with Crippen LogP contribution in [0.25, 0.3) is 0 Å². The third-order valence-electron chi connectivity index (χ3n) is 7.34. The summed E-state index contributed by atoms with van der Waals surface area (Å²) >= 11 is 0. The summed E-state index contributed by atoms with van der Waals surface area (Å²) in [6.45, 7) is 10.3. The molecule has 0 unspecified atom stereocenters. The highest BCUT2D eigenvalue weighted by molar-refractivity contribution is 5.66. The maximum Gasteiger partial charge on any atom is 0.303 e. The summed E-state index contributed by atoms with van der Waals surface area (Å²) in [5, 5.41) is 10.9. The highest BCUT2D eigenvalue weighted by Gasteiger charge is 2.54. The summed E-state index contributed by atoms with van der Waals surface area (Å²) in [7, 11) is 0. The second-order valence-electron chi connectivity index (χ2n) is 10.8. The molecule has 0 saturated carbocycles. The summed E-state index contributed by atoms with van der Waals surface area (Å²) in [6, 6.07) is 19.0. The highest BCUT2D eigenvalue weighted by atomic mass is 16.8. The molecule has 44 heavy (non-hydrogen) atoms. The Balaban J connectivity index is 1.61. The molecule has 0 aliphatic carbocycles. The van der Waals surface area contributed by atoms with Gasteiger partial charge in [-0.3, -0.25) is 9.59 Å². The van der Waals surface area contributed by atoms with Crippen LogP contribution < -0.4 is 0 Å². The fraction of sp³-hybridized carbons (Fsp3) is 0.515. The van der Waals surface area contributed by atoms with Gasteiger partial charge in [-0.25, -0.2) is 0 Å². The van der Waals surface area contributed by atoms with Gasteiger partial charge >= 0.3 is 11.9 Å². The fourth-order valence-corrected chi connectivity index (χ4v) is 5.39. The number of carbonyl (C=O) groups excluding carboxylic acids is 2. The van der Waals surface area contributed by atoms with Crippen LogP contribution in [0.5, 0.6) is 0 Å². The molecule has 11 nitrogen and oxygen atoms in total. The number of ether oxygens (including phenoxy) is 8. The molecule has 0 amide bonds. The molecule has 2 aliphatic heterocycles. The zero-order chi connectivity index (χ0) is 31.6. The Hall–Kier alpha value is -3.16. The third-order valence-corrected chi connectivity index (χ3v) is 7.34. The fourth-order valence-electron chi connectivity index (χ4n) is 5.39.